The number of carbonyl (C=O) groups excluding carboxylic acids is 2. The average molecular weight is 386 g/mol. The highest BCUT2D eigenvalue weighted by atomic mass is 32.1. The Bertz CT molecular complexity index is 977. The molecule has 0 spiro atoms. The number of nitrogens with one attached hydrogen (secondary N) is 2. The third-order valence-electron chi connectivity index (χ3n) is 4.07. The van der Waals surface area contributed by atoms with Crippen LogP contribution in [-0.2, 0) is 6.54 Å². The Morgan fingerprint density at radius 1 is 1.30 bits per heavy atom. The molecule has 0 radical (unpaired) electrons. The minimum atomic E-state index is -0.327. The fourth-order valence-corrected chi connectivity index (χ4v) is 3.79. The predicted octanol–water partition coefficient (Wildman–Crippen LogP) is 3.10. The van der Waals surface area contributed by atoms with E-state index in [9.17, 15) is 9.59 Å². The SMILES string of the molecule is CCn1ncnc1C(C)NC(=O)Nc1ccc2sc(C(=O)N(C)C)cc2c1. The van der Waals surface area contributed by atoms with E-state index >= 15 is 0 Å². The van der Waals surface area contributed by atoms with E-state index < -0.39 is 0 Å². The molecular weight excluding hydrogens is 364 g/mol. The minimum Gasteiger partial charge on any atom is -0.344 e. The van der Waals surface area contributed by atoms with Crippen molar-refractivity contribution in [3.63, 3.8) is 0 Å². The largest absolute Gasteiger partial charge is 0.344 e. The van der Waals surface area contributed by atoms with Crippen molar-refractivity contribution >= 4 is 39.0 Å². The molecular formula is C18H22N6O2S. The van der Waals surface area contributed by atoms with Gasteiger partial charge in [-0.2, -0.15) is 5.10 Å². The molecule has 3 aromatic rings. The number of hydrogen-bond acceptors (Lipinski definition) is 5. The number of amides is 3. The van der Waals surface area contributed by atoms with Gasteiger partial charge in [-0.05, 0) is 43.5 Å². The Balaban J connectivity index is 1.70. The topological polar surface area (TPSA) is 92.1 Å². The van der Waals surface area contributed by atoms with E-state index in [1.165, 1.54) is 17.7 Å². The summed E-state index contributed by atoms with van der Waals surface area (Å²) in [5.74, 6) is 0.671. The Kier molecular flexibility index (Phi) is 5.41. The fourth-order valence-electron chi connectivity index (χ4n) is 2.73. The molecule has 1 atom stereocenters. The second-order valence-electron chi connectivity index (χ2n) is 6.32. The highest BCUT2D eigenvalue weighted by Crippen LogP contribution is 2.28. The zero-order valence-corrected chi connectivity index (χ0v) is 16.5. The van der Waals surface area contributed by atoms with Crippen molar-refractivity contribution in [3.8, 4) is 0 Å². The summed E-state index contributed by atoms with van der Waals surface area (Å²) in [5.41, 5.74) is 0.658. The van der Waals surface area contributed by atoms with Gasteiger partial charge in [0.05, 0.1) is 10.9 Å². The number of aromatic nitrogens is 3. The van der Waals surface area contributed by atoms with Crippen molar-refractivity contribution in [1.82, 2.24) is 25.0 Å². The van der Waals surface area contributed by atoms with Gasteiger partial charge in [-0.1, -0.05) is 0 Å². The van der Waals surface area contributed by atoms with E-state index in [1.54, 1.807) is 23.7 Å². The van der Waals surface area contributed by atoms with Crippen LogP contribution < -0.4 is 10.6 Å². The van der Waals surface area contributed by atoms with Gasteiger partial charge in [-0.3, -0.25) is 4.79 Å². The molecule has 2 heterocycles. The van der Waals surface area contributed by atoms with Crippen molar-refractivity contribution < 1.29 is 9.59 Å². The summed E-state index contributed by atoms with van der Waals surface area (Å²) in [6, 6.07) is 6.82. The molecule has 1 aromatic carbocycles. The van der Waals surface area contributed by atoms with Crippen LogP contribution in [0.25, 0.3) is 10.1 Å². The lowest BCUT2D eigenvalue weighted by Crippen LogP contribution is -2.32. The molecule has 1 unspecified atom stereocenters. The minimum absolute atomic E-state index is 0.0303. The van der Waals surface area contributed by atoms with Gasteiger partial charge in [-0.25, -0.2) is 14.5 Å². The van der Waals surface area contributed by atoms with Crippen LogP contribution >= 0.6 is 11.3 Å². The molecule has 0 bridgehead atoms. The number of carbonyl (C=O) groups is 2. The number of thiophene rings is 1. The molecule has 0 aliphatic carbocycles. The lowest BCUT2D eigenvalue weighted by molar-refractivity contribution is 0.0832. The van der Waals surface area contributed by atoms with E-state index in [1.807, 2.05) is 38.1 Å². The lowest BCUT2D eigenvalue weighted by Gasteiger charge is -2.14. The number of anilines is 1. The summed E-state index contributed by atoms with van der Waals surface area (Å²) in [7, 11) is 3.45. The summed E-state index contributed by atoms with van der Waals surface area (Å²) in [6.07, 6.45) is 1.48. The molecule has 0 aliphatic heterocycles. The quantitative estimate of drug-likeness (QED) is 0.705. The van der Waals surface area contributed by atoms with Gasteiger partial charge in [0.1, 0.15) is 12.2 Å². The summed E-state index contributed by atoms with van der Waals surface area (Å²) in [4.78, 5) is 30.8. The maximum atomic E-state index is 12.3. The Morgan fingerprint density at radius 2 is 2.07 bits per heavy atom. The second kappa shape index (κ2) is 7.75. The van der Waals surface area contributed by atoms with Crippen LogP contribution in [0.5, 0.6) is 0 Å². The maximum Gasteiger partial charge on any atom is 0.319 e. The molecule has 8 nitrogen and oxygen atoms in total. The monoisotopic (exact) mass is 386 g/mol. The lowest BCUT2D eigenvalue weighted by atomic mass is 10.2. The normalized spacial score (nSPS) is 12.0. The van der Waals surface area contributed by atoms with Crippen molar-refractivity contribution in [2.24, 2.45) is 0 Å². The van der Waals surface area contributed by atoms with E-state index in [0.29, 0.717) is 22.9 Å². The van der Waals surface area contributed by atoms with Crippen molar-refractivity contribution in [2.75, 3.05) is 19.4 Å². The zero-order chi connectivity index (χ0) is 19.6. The number of rotatable bonds is 5. The Labute approximate surface area is 161 Å². The first kappa shape index (κ1) is 18.8. The summed E-state index contributed by atoms with van der Waals surface area (Å²) >= 11 is 1.44. The molecule has 2 aromatic heterocycles. The molecule has 9 heteroatoms. The van der Waals surface area contributed by atoms with Crippen molar-refractivity contribution in [1.29, 1.82) is 0 Å². The van der Waals surface area contributed by atoms with E-state index in [2.05, 4.69) is 20.7 Å². The first-order valence-electron chi connectivity index (χ1n) is 8.59. The van der Waals surface area contributed by atoms with Crippen LogP contribution in [0.1, 0.15) is 35.4 Å². The number of nitrogens with zero attached hydrogens (tertiary/aromatic N) is 4. The number of aryl methyl sites for hydroxylation is 1. The highest BCUT2D eigenvalue weighted by Gasteiger charge is 2.16. The van der Waals surface area contributed by atoms with Crippen molar-refractivity contribution in [2.45, 2.75) is 26.4 Å². The molecule has 0 saturated heterocycles. The van der Waals surface area contributed by atoms with Gasteiger partial charge >= 0.3 is 6.03 Å². The van der Waals surface area contributed by atoms with Crippen molar-refractivity contribution in [3.05, 3.63) is 41.3 Å². The average Bonchev–Trinajstić information content (AvgIpc) is 3.26. The maximum absolute atomic E-state index is 12.3. The highest BCUT2D eigenvalue weighted by molar-refractivity contribution is 7.20. The molecule has 3 rings (SSSR count). The molecule has 0 saturated carbocycles. The number of urea groups is 1. The van der Waals surface area contributed by atoms with Crippen LogP contribution in [0.3, 0.4) is 0 Å². The van der Waals surface area contributed by atoms with Crippen LogP contribution in [0.2, 0.25) is 0 Å². The van der Waals surface area contributed by atoms with Crippen LogP contribution in [0.4, 0.5) is 10.5 Å². The first-order chi connectivity index (χ1) is 12.9. The molecule has 27 heavy (non-hydrogen) atoms. The van der Waals surface area contributed by atoms with Gasteiger partial charge < -0.3 is 15.5 Å². The van der Waals surface area contributed by atoms with Crippen LogP contribution in [0, 0.1) is 0 Å². The number of fused-ring (bicyclic) bond motifs is 1. The second-order valence-corrected chi connectivity index (χ2v) is 7.40. The Hall–Kier alpha value is -2.94. The van der Waals surface area contributed by atoms with Crippen LogP contribution in [-0.4, -0.2) is 45.7 Å². The number of benzene rings is 1. The fraction of sp³-hybridized carbons (Fsp3) is 0.333. The van der Waals surface area contributed by atoms with Gasteiger partial charge in [0.2, 0.25) is 0 Å². The summed E-state index contributed by atoms with van der Waals surface area (Å²) in [5, 5.41) is 10.7. The van der Waals surface area contributed by atoms with Crippen LogP contribution in [0.15, 0.2) is 30.6 Å². The third-order valence-corrected chi connectivity index (χ3v) is 5.18. The molecule has 142 valence electrons. The molecule has 0 aliphatic rings. The van der Waals surface area contributed by atoms with Gasteiger partial charge in [0, 0.05) is 31.0 Å². The van der Waals surface area contributed by atoms with E-state index in [0.717, 1.165) is 10.1 Å². The predicted molar refractivity (Wildman–Crippen MR) is 106 cm³/mol. The molecule has 3 amide bonds. The smallest absolute Gasteiger partial charge is 0.319 e. The third kappa shape index (κ3) is 4.08. The Morgan fingerprint density at radius 3 is 2.78 bits per heavy atom. The van der Waals surface area contributed by atoms with Gasteiger partial charge in [0.25, 0.3) is 5.91 Å². The molecule has 2 N–H and O–H groups in total. The molecule has 0 fully saturated rings. The van der Waals surface area contributed by atoms with Gasteiger partial charge in [-0.15, -0.1) is 11.3 Å². The first-order valence-corrected chi connectivity index (χ1v) is 9.41. The van der Waals surface area contributed by atoms with E-state index in [-0.39, 0.29) is 18.0 Å². The number of hydrogen-bond donors (Lipinski definition) is 2. The summed E-state index contributed by atoms with van der Waals surface area (Å²) in [6.45, 7) is 4.51. The van der Waals surface area contributed by atoms with E-state index in [4.69, 9.17) is 0 Å². The standard InChI is InChI=1S/C18H22N6O2S/c1-5-24-16(19-10-20-24)11(2)21-18(26)22-13-6-7-14-12(8-13)9-15(27-14)17(25)23(3)4/h6-11H,5H2,1-4H3,(H2,21,22,26). The summed E-state index contributed by atoms with van der Waals surface area (Å²) < 4.78 is 2.74. The van der Waals surface area contributed by atoms with Gasteiger partial charge in [0.15, 0.2) is 0 Å². The zero-order valence-electron chi connectivity index (χ0n) is 15.7.